The van der Waals surface area contributed by atoms with Gasteiger partial charge in [-0.3, -0.25) is 0 Å². The Morgan fingerprint density at radius 2 is 2.04 bits per heavy atom. The molecule has 1 N–H and O–H groups in total. The van der Waals surface area contributed by atoms with Gasteiger partial charge in [0.1, 0.15) is 0 Å². The summed E-state index contributed by atoms with van der Waals surface area (Å²) in [6.07, 6.45) is 3.15. The summed E-state index contributed by atoms with van der Waals surface area (Å²) in [5.41, 5.74) is 1.33. The summed E-state index contributed by atoms with van der Waals surface area (Å²) in [4.78, 5) is 15.8. The number of carbonyl (C=O) groups excluding carboxylic acids is 1. The van der Waals surface area contributed by atoms with Gasteiger partial charge in [0.05, 0.1) is 6.54 Å². The van der Waals surface area contributed by atoms with Crippen molar-refractivity contribution in [3.8, 4) is 0 Å². The third-order valence-corrected chi connectivity index (χ3v) is 6.26. The van der Waals surface area contributed by atoms with E-state index >= 15 is 0 Å². The van der Waals surface area contributed by atoms with Crippen LogP contribution in [0.2, 0.25) is 0 Å². The smallest absolute Gasteiger partial charge is 0.317 e. The summed E-state index contributed by atoms with van der Waals surface area (Å²) >= 11 is 3.49. The molecule has 3 aromatic rings. The van der Waals surface area contributed by atoms with E-state index in [2.05, 4.69) is 46.4 Å². The molecule has 2 aromatic heterocycles. The summed E-state index contributed by atoms with van der Waals surface area (Å²) in [6, 6.07) is 13.1. The molecule has 1 aliphatic carbocycles. The maximum Gasteiger partial charge on any atom is 0.317 e. The van der Waals surface area contributed by atoms with Crippen molar-refractivity contribution in [3.63, 3.8) is 0 Å². The minimum Gasteiger partial charge on any atom is -0.338 e. The molecule has 124 valence electrons. The average Bonchev–Trinajstić information content (AvgIpc) is 3.15. The molecule has 0 spiro atoms. The first kappa shape index (κ1) is 15.7. The zero-order valence-electron chi connectivity index (χ0n) is 13.4. The Morgan fingerprint density at radius 1 is 1.17 bits per heavy atom. The van der Waals surface area contributed by atoms with Crippen LogP contribution in [0.1, 0.15) is 23.3 Å². The summed E-state index contributed by atoms with van der Waals surface area (Å²) in [6.45, 7) is 1.42. The number of amides is 2. The number of carbonyl (C=O) groups is 1. The van der Waals surface area contributed by atoms with Gasteiger partial charge in [-0.05, 0) is 53.1 Å². The number of hydrogen-bond acceptors (Lipinski definition) is 3. The van der Waals surface area contributed by atoms with Crippen molar-refractivity contribution >= 4 is 38.8 Å². The fraction of sp³-hybridized carbons (Fsp3) is 0.316. The molecule has 4 rings (SSSR count). The lowest BCUT2D eigenvalue weighted by Crippen LogP contribution is -2.41. The van der Waals surface area contributed by atoms with Crippen LogP contribution in [0.3, 0.4) is 0 Å². The molecule has 24 heavy (non-hydrogen) atoms. The van der Waals surface area contributed by atoms with Gasteiger partial charge in [-0.2, -0.15) is 0 Å². The van der Waals surface area contributed by atoms with Crippen LogP contribution in [0.4, 0.5) is 4.79 Å². The molecule has 0 bridgehead atoms. The van der Waals surface area contributed by atoms with E-state index in [0.29, 0.717) is 12.6 Å². The standard InChI is InChI=1S/C19H20N2OS2/c22-19(21(15-7-8-15)12-16-4-3-11-23-16)20-10-9-14-13-24-18-6-2-1-5-17(14)18/h1-6,11,13,15H,7-10,12H2,(H,20,22). The second-order valence-electron chi connectivity index (χ2n) is 6.18. The molecule has 1 saturated carbocycles. The average molecular weight is 357 g/mol. The van der Waals surface area contributed by atoms with Crippen molar-refractivity contribution in [3.05, 3.63) is 57.6 Å². The van der Waals surface area contributed by atoms with E-state index in [9.17, 15) is 4.79 Å². The molecule has 0 radical (unpaired) electrons. The third kappa shape index (κ3) is 3.47. The van der Waals surface area contributed by atoms with Crippen molar-refractivity contribution in [1.29, 1.82) is 0 Å². The number of fused-ring (bicyclic) bond motifs is 1. The maximum absolute atomic E-state index is 12.6. The molecular formula is C19H20N2OS2. The Morgan fingerprint density at radius 3 is 2.83 bits per heavy atom. The monoisotopic (exact) mass is 356 g/mol. The highest BCUT2D eigenvalue weighted by molar-refractivity contribution is 7.17. The highest BCUT2D eigenvalue weighted by Crippen LogP contribution is 2.29. The summed E-state index contributed by atoms with van der Waals surface area (Å²) in [5, 5.41) is 8.71. The van der Waals surface area contributed by atoms with Gasteiger partial charge < -0.3 is 10.2 Å². The maximum atomic E-state index is 12.6. The quantitative estimate of drug-likeness (QED) is 0.671. The number of benzene rings is 1. The van der Waals surface area contributed by atoms with Gasteiger partial charge in [-0.1, -0.05) is 24.3 Å². The predicted molar refractivity (Wildman–Crippen MR) is 102 cm³/mol. The fourth-order valence-corrected chi connectivity index (χ4v) is 4.66. The molecule has 5 heteroatoms. The number of urea groups is 1. The second kappa shape index (κ2) is 6.95. The lowest BCUT2D eigenvalue weighted by molar-refractivity contribution is 0.192. The van der Waals surface area contributed by atoms with Crippen LogP contribution in [0.15, 0.2) is 47.2 Å². The number of rotatable bonds is 6. The zero-order chi connectivity index (χ0) is 16.4. The third-order valence-electron chi connectivity index (χ3n) is 4.39. The number of nitrogens with zero attached hydrogens (tertiary/aromatic N) is 1. The van der Waals surface area contributed by atoms with Crippen molar-refractivity contribution in [1.82, 2.24) is 10.2 Å². The van der Waals surface area contributed by atoms with Crippen LogP contribution in [0.5, 0.6) is 0 Å². The Hall–Kier alpha value is -1.85. The number of nitrogens with one attached hydrogen (secondary N) is 1. The Bertz CT molecular complexity index is 821. The highest BCUT2D eigenvalue weighted by atomic mass is 32.1. The number of thiophene rings is 2. The minimum absolute atomic E-state index is 0.0745. The molecule has 0 saturated heterocycles. The molecule has 2 heterocycles. The topological polar surface area (TPSA) is 32.3 Å². The van der Waals surface area contributed by atoms with Crippen LogP contribution in [-0.4, -0.2) is 23.5 Å². The van der Waals surface area contributed by atoms with Crippen molar-refractivity contribution in [2.75, 3.05) is 6.54 Å². The van der Waals surface area contributed by atoms with Crippen molar-refractivity contribution in [2.24, 2.45) is 0 Å². The van der Waals surface area contributed by atoms with Crippen LogP contribution >= 0.6 is 22.7 Å². The molecule has 1 aromatic carbocycles. The largest absolute Gasteiger partial charge is 0.338 e. The van der Waals surface area contributed by atoms with Gasteiger partial charge in [-0.15, -0.1) is 22.7 Å². The van der Waals surface area contributed by atoms with Crippen LogP contribution in [0, 0.1) is 0 Å². The van der Waals surface area contributed by atoms with E-state index in [1.165, 1.54) is 20.5 Å². The van der Waals surface area contributed by atoms with Crippen molar-refractivity contribution < 1.29 is 4.79 Å². The summed E-state index contributed by atoms with van der Waals surface area (Å²) in [7, 11) is 0. The lowest BCUT2D eigenvalue weighted by Gasteiger charge is -2.22. The Labute approximate surface area is 149 Å². The summed E-state index contributed by atoms with van der Waals surface area (Å²) < 4.78 is 1.32. The normalized spacial score (nSPS) is 14.0. The molecule has 0 atom stereocenters. The molecule has 3 nitrogen and oxygen atoms in total. The molecule has 0 aliphatic heterocycles. The van der Waals surface area contributed by atoms with E-state index < -0.39 is 0 Å². The van der Waals surface area contributed by atoms with Gasteiger partial charge in [0, 0.05) is 22.2 Å². The van der Waals surface area contributed by atoms with Crippen LogP contribution in [-0.2, 0) is 13.0 Å². The van der Waals surface area contributed by atoms with E-state index in [1.807, 2.05) is 11.0 Å². The first-order valence-corrected chi connectivity index (χ1v) is 10.1. The lowest BCUT2D eigenvalue weighted by atomic mass is 10.1. The van der Waals surface area contributed by atoms with E-state index in [-0.39, 0.29) is 6.03 Å². The van der Waals surface area contributed by atoms with Crippen molar-refractivity contribution in [2.45, 2.75) is 31.8 Å². The molecule has 1 aliphatic rings. The fourth-order valence-electron chi connectivity index (χ4n) is 2.96. The van der Waals surface area contributed by atoms with E-state index in [1.54, 1.807) is 22.7 Å². The van der Waals surface area contributed by atoms with Gasteiger partial charge in [-0.25, -0.2) is 4.79 Å². The van der Waals surface area contributed by atoms with Gasteiger partial charge in [0.25, 0.3) is 0 Å². The SMILES string of the molecule is O=C(NCCc1csc2ccccc12)N(Cc1cccs1)C1CC1. The molecule has 1 fully saturated rings. The molecule has 2 amide bonds. The van der Waals surface area contributed by atoms with Crippen LogP contribution in [0.25, 0.3) is 10.1 Å². The second-order valence-corrected chi connectivity index (χ2v) is 8.12. The highest BCUT2D eigenvalue weighted by Gasteiger charge is 2.32. The first-order chi connectivity index (χ1) is 11.8. The Kier molecular flexibility index (Phi) is 4.54. The minimum atomic E-state index is 0.0745. The van der Waals surface area contributed by atoms with Gasteiger partial charge >= 0.3 is 6.03 Å². The molecular weight excluding hydrogens is 336 g/mol. The van der Waals surface area contributed by atoms with E-state index in [4.69, 9.17) is 0 Å². The van der Waals surface area contributed by atoms with Crippen LogP contribution < -0.4 is 5.32 Å². The van der Waals surface area contributed by atoms with E-state index in [0.717, 1.165) is 25.8 Å². The first-order valence-electron chi connectivity index (χ1n) is 8.33. The number of hydrogen-bond donors (Lipinski definition) is 1. The molecule has 0 unspecified atom stereocenters. The zero-order valence-corrected chi connectivity index (χ0v) is 15.0. The van der Waals surface area contributed by atoms with Gasteiger partial charge in [0.2, 0.25) is 0 Å². The van der Waals surface area contributed by atoms with Gasteiger partial charge in [0.15, 0.2) is 0 Å². The summed E-state index contributed by atoms with van der Waals surface area (Å²) in [5.74, 6) is 0. The predicted octanol–water partition coefficient (Wildman–Crippen LogP) is 4.88. The Balaban J connectivity index is 1.35.